The van der Waals surface area contributed by atoms with Gasteiger partial charge in [-0.3, -0.25) is 9.97 Å². The van der Waals surface area contributed by atoms with E-state index in [1.54, 1.807) is 24.8 Å². The summed E-state index contributed by atoms with van der Waals surface area (Å²) in [6.45, 7) is 0. The second kappa shape index (κ2) is 11.1. The van der Waals surface area contributed by atoms with Crippen LogP contribution in [0.25, 0.3) is 83.7 Å². The van der Waals surface area contributed by atoms with Crippen LogP contribution in [0, 0.1) is 0 Å². The Labute approximate surface area is 270 Å². The molecule has 0 saturated heterocycles. The molecule has 0 saturated carbocycles. The van der Waals surface area contributed by atoms with Crippen molar-refractivity contribution in [1.82, 2.24) is 34.3 Å². The van der Waals surface area contributed by atoms with E-state index < -0.39 is 0 Å². The van der Waals surface area contributed by atoms with Crippen molar-refractivity contribution < 1.29 is 0 Å². The van der Waals surface area contributed by atoms with Crippen molar-refractivity contribution in [2.24, 2.45) is 0 Å². The van der Waals surface area contributed by atoms with E-state index in [1.165, 1.54) is 0 Å². The van der Waals surface area contributed by atoms with Gasteiger partial charge < -0.3 is 4.40 Å². The third-order valence-electron chi connectivity index (χ3n) is 8.45. The van der Waals surface area contributed by atoms with E-state index in [1.807, 2.05) is 54.6 Å². The van der Waals surface area contributed by atoms with Gasteiger partial charge in [0.15, 0.2) is 5.82 Å². The number of fused-ring (bicyclic) bond motifs is 5. The molecule has 0 fully saturated rings. The second-order valence-electron chi connectivity index (χ2n) is 11.3. The zero-order valence-corrected chi connectivity index (χ0v) is 25.1. The predicted octanol–water partition coefficient (Wildman–Crippen LogP) is 8.95. The van der Waals surface area contributed by atoms with Crippen LogP contribution < -0.4 is 0 Å². The van der Waals surface area contributed by atoms with E-state index in [9.17, 15) is 0 Å². The van der Waals surface area contributed by atoms with E-state index >= 15 is 0 Å². The number of benzene rings is 3. The number of pyridine rings is 4. The van der Waals surface area contributed by atoms with Crippen LogP contribution in [0.1, 0.15) is 0 Å². The fourth-order valence-electron chi connectivity index (χ4n) is 6.14. The summed E-state index contributed by atoms with van der Waals surface area (Å²) in [4.78, 5) is 28.6. The first kappa shape index (κ1) is 26.8. The van der Waals surface area contributed by atoms with Gasteiger partial charge in [0.2, 0.25) is 0 Å². The molecule has 9 aromatic rings. The highest BCUT2D eigenvalue weighted by Crippen LogP contribution is 2.36. The highest BCUT2D eigenvalue weighted by Gasteiger charge is 2.17. The summed E-state index contributed by atoms with van der Waals surface area (Å²) in [5.74, 6) is 0.640. The quantitative estimate of drug-likeness (QED) is 0.183. The molecule has 7 nitrogen and oxygen atoms in total. The maximum Gasteiger partial charge on any atom is 0.160 e. The van der Waals surface area contributed by atoms with Crippen LogP contribution in [0.15, 0.2) is 152 Å². The van der Waals surface area contributed by atoms with Gasteiger partial charge in [-0.15, -0.1) is 0 Å². The molecule has 6 heterocycles. The Hall–Kier alpha value is -6.60. The molecule has 0 aliphatic carbocycles. The molecular weight excluding hydrogens is 578 g/mol. The Kier molecular flexibility index (Phi) is 6.31. The average Bonchev–Trinajstić information content (AvgIpc) is 3.60. The molecule has 0 aliphatic rings. The van der Waals surface area contributed by atoms with Crippen LogP contribution in [-0.4, -0.2) is 34.3 Å². The van der Waals surface area contributed by atoms with Crippen LogP contribution in [-0.2, 0) is 0 Å². The zero-order chi connectivity index (χ0) is 31.2. The first-order chi connectivity index (χ1) is 23.3. The van der Waals surface area contributed by atoms with Crippen molar-refractivity contribution in [3.63, 3.8) is 0 Å². The standard InChI is InChI=1S/C40H25N7/c1-2-6-26(7-3-1)36-25-47-23-18-32-37(40(47)46-36)31-8-4-5-9-33(31)43-38(32)29-10-12-30(13-11-29)39-44-34(27-14-19-41-20-15-27)24-35(45-39)28-16-21-42-22-17-28/h1-25H. The average molecular weight is 604 g/mol. The van der Waals surface area contributed by atoms with Crippen LogP contribution in [0.5, 0.6) is 0 Å². The second-order valence-corrected chi connectivity index (χ2v) is 11.3. The van der Waals surface area contributed by atoms with E-state index in [4.69, 9.17) is 19.9 Å². The lowest BCUT2D eigenvalue weighted by atomic mass is 10.00. The summed E-state index contributed by atoms with van der Waals surface area (Å²) in [6, 6.07) is 38.9. The predicted molar refractivity (Wildman–Crippen MR) is 186 cm³/mol. The van der Waals surface area contributed by atoms with Gasteiger partial charge in [0.05, 0.1) is 28.3 Å². The maximum atomic E-state index is 5.18. The third kappa shape index (κ3) is 4.78. The molecular formula is C40H25N7. The number of hydrogen-bond donors (Lipinski definition) is 0. The minimum atomic E-state index is 0.640. The van der Waals surface area contributed by atoms with Crippen molar-refractivity contribution >= 4 is 27.3 Å². The third-order valence-corrected chi connectivity index (χ3v) is 8.45. The summed E-state index contributed by atoms with van der Waals surface area (Å²) < 4.78 is 2.11. The Bertz CT molecular complexity index is 2490. The van der Waals surface area contributed by atoms with Crippen LogP contribution in [0.2, 0.25) is 0 Å². The van der Waals surface area contributed by atoms with Crippen molar-refractivity contribution in [3.8, 4) is 56.4 Å². The molecule has 9 rings (SSSR count). The zero-order valence-electron chi connectivity index (χ0n) is 25.1. The lowest BCUT2D eigenvalue weighted by Crippen LogP contribution is -1.96. The molecule has 0 amide bonds. The molecule has 0 radical (unpaired) electrons. The molecule has 47 heavy (non-hydrogen) atoms. The van der Waals surface area contributed by atoms with Crippen molar-refractivity contribution in [2.75, 3.05) is 0 Å². The van der Waals surface area contributed by atoms with Gasteiger partial charge in [-0.25, -0.2) is 19.9 Å². The first-order valence-electron chi connectivity index (χ1n) is 15.3. The lowest BCUT2D eigenvalue weighted by molar-refractivity contribution is 1.18. The number of rotatable bonds is 5. The molecule has 6 aromatic heterocycles. The van der Waals surface area contributed by atoms with Crippen LogP contribution >= 0.6 is 0 Å². The van der Waals surface area contributed by atoms with Gasteiger partial charge in [-0.1, -0.05) is 72.8 Å². The lowest BCUT2D eigenvalue weighted by Gasteiger charge is -2.12. The maximum absolute atomic E-state index is 5.18. The van der Waals surface area contributed by atoms with Gasteiger partial charge in [-0.2, -0.15) is 0 Å². The van der Waals surface area contributed by atoms with Crippen molar-refractivity contribution in [1.29, 1.82) is 0 Å². The highest BCUT2D eigenvalue weighted by molar-refractivity contribution is 6.16. The molecule has 0 N–H and O–H groups in total. The monoisotopic (exact) mass is 603 g/mol. The number of aromatic nitrogens is 7. The van der Waals surface area contributed by atoms with E-state index in [0.717, 1.165) is 77.9 Å². The van der Waals surface area contributed by atoms with E-state index in [2.05, 4.69) is 87.4 Å². The van der Waals surface area contributed by atoms with Gasteiger partial charge in [0.25, 0.3) is 0 Å². The fraction of sp³-hybridized carbons (Fsp3) is 0. The van der Waals surface area contributed by atoms with E-state index in [0.29, 0.717) is 5.82 Å². The Morgan fingerprint density at radius 1 is 0.447 bits per heavy atom. The van der Waals surface area contributed by atoms with Crippen LogP contribution in [0.3, 0.4) is 0 Å². The number of nitrogens with zero attached hydrogens (tertiary/aromatic N) is 7. The minimum Gasteiger partial charge on any atom is -0.306 e. The number of imidazole rings is 1. The summed E-state index contributed by atoms with van der Waals surface area (Å²) >= 11 is 0. The molecule has 0 spiro atoms. The molecule has 7 heteroatoms. The smallest absolute Gasteiger partial charge is 0.160 e. The largest absolute Gasteiger partial charge is 0.306 e. The Balaban J connectivity index is 1.19. The first-order valence-corrected chi connectivity index (χ1v) is 15.3. The number of hydrogen-bond acceptors (Lipinski definition) is 6. The Morgan fingerprint density at radius 3 is 1.77 bits per heavy atom. The van der Waals surface area contributed by atoms with Crippen molar-refractivity contribution in [3.05, 3.63) is 152 Å². The van der Waals surface area contributed by atoms with Crippen LogP contribution in [0.4, 0.5) is 0 Å². The molecule has 3 aromatic carbocycles. The molecule has 0 atom stereocenters. The van der Waals surface area contributed by atoms with Gasteiger partial charge in [0, 0.05) is 81.2 Å². The molecule has 0 aliphatic heterocycles. The summed E-state index contributed by atoms with van der Waals surface area (Å²) in [7, 11) is 0. The topological polar surface area (TPSA) is 81.8 Å². The Morgan fingerprint density at radius 2 is 1.06 bits per heavy atom. The summed E-state index contributed by atoms with van der Waals surface area (Å²) in [5, 5.41) is 3.20. The minimum absolute atomic E-state index is 0.640. The van der Waals surface area contributed by atoms with Gasteiger partial charge >= 0.3 is 0 Å². The van der Waals surface area contributed by atoms with Gasteiger partial charge in [0.1, 0.15) is 5.65 Å². The number of para-hydroxylation sites is 1. The molecule has 220 valence electrons. The fourth-order valence-corrected chi connectivity index (χ4v) is 6.14. The molecule has 0 unspecified atom stereocenters. The summed E-state index contributed by atoms with van der Waals surface area (Å²) in [6.07, 6.45) is 11.3. The highest BCUT2D eigenvalue weighted by atomic mass is 15.0. The SMILES string of the molecule is c1ccc(-c2cn3ccc4c(-c5ccc(-c6nc(-c7ccncc7)cc(-c7ccncc7)n6)cc5)nc5ccccc5c4c3n2)cc1. The summed E-state index contributed by atoms with van der Waals surface area (Å²) in [5.41, 5.74) is 10.3. The van der Waals surface area contributed by atoms with Crippen molar-refractivity contribution in [2.45, 2.75) is 0 Å². The van der Waals surface area contributed by atoms with Gasteiger partial charge in [-0.05, 0) is 42.5 Å². The van der Waals surface area contributed by atoms with E-state index in [-0.39, 0.29) is 0 Å². The normalized spacial score (nSPS) is 11.4. The molecule has 0 bridgehead atoms.